The van der Waals surface area contributed by atoms with Crippen LogP contribution in [0, 0.1) is 11.3 Å². The quantitative estimate of drug-likeness (QED) is 0.783. The van der Waals surface area contributed by atoms with Gasteiger partial charge in [-0.05, 0) is 38.2 Å². The van der Waals surface area contributed by atoms with Gasteiger partial charge < -0.3 is 10.2 Å². The lowest BCUT2D eigenvalue weighted by Crippen LogP contribution is -2.37. The number of carbonyl (C=O) groups is 1. The van der Waals surface area contributed by atoms with E-state index < -0.39 is 11.7 Å². The first-order valence-electron chi connectivity index (χ1n) is 8.54. The fraction of sp³-hybridized carbons (Fsp3) is 0.476. The van der Waals surface area contributed by atoms with E-state index in [2.05, 4.69) is 19.9 Å². The minimum atomic E-state index is -1.37. The average molecular weight is 328 g/mol. The molecule has 0 saturated carbocycles. The number of aliphatic hydroxyl groups is 2. The fourth-order valence-corrected chi connectivity index (χ4v) is 3.40. The van der Waals surface area contributed by atoms with E-state index in [1.807, 2.05) is 30.4 Å². The van der Waals surface area contributed by atoms with Crippen molar-refractivity contribution in [3.8, 4) is 0 Å². The summed E-state index contributed by atoms with van der Waals surface area (Å²) in [4.78, 5) is 12.1. The highest BCUT2D eigenvalue weighted by atomic mass is 16.3. The normalized spacial score (nSPS) is 23.7. The van der Waals surface area contributed by atoms with E-state index in [-0.39, 0.29) is 11.2 Å². The molecule has 0 saturated heterocycles. The van der Waals surface area contributed by atoms with Crippen LogP contribution in [-0.2, 0) is 6.42 Å². The summed E-state index contributed by atoms with van der Waals surface area (Å²) < 4.78 is 0. The maximum absolute atomic E-state index is 12.1. The Bertz CT molecular complexity index is 632. The van der Waals surface area contributed by atoms with Crippen LogP contribution in [-0.4, -0.2) is 27.7 Å². The standard InChI is InChI=1S/C21H28O3/c1-15(2)13-21(12-6-5-7-18(21)22)14-16-8-10-17(11-9-16)19(23)20(3,4)24/h5-12,15,18,22,24H,13-14H2,1-4H3. The van der Waals surface area contributed by atoms with Gasteiger partial charge in [-0.25, -0.2) is 0 Å². The first kappa shape index (κ1) is 18.6. The van der Waals surface area contributed by atoms with Gasteiger partial charge >= 0.3 is 0 Å². The predicted octanol–water partition coefficient (Wildman–Crippen LogP) is 3.70. The number of allylic oxidation sites excluding steroid dienone is 2. The van der Waals surface area contributed by atoms with Crippen molar-refractivity contribution < 1.29 is 15.0 Å². The van der Waals surface area contributed by atoms with Crippen molar-refractivity contribution >= 4 is 5.78 Å². The second-order valence-electron chi connectivity index (χ2n) is 7.78. The van der Waals surface area contributed by atoms with Gasteiger partial charge in [0.25, 0.3) is 0 Å². The zero-order valence-corrected chi connectivity index (χ0v) is 15.0. The molecule has 2 rings (SSSR count). The Morgan fingerprint density at radius 2 is 1.83 bits per heavy atom. The second-order valence-corrected chi connectivity index (χ2v) is 7.78. The zero-order chi connectivity index (χ0) is 18.0. The molecule has 0 aliphatic heterocycles. The molecule has 130 valence electrons. The second kappa shape index (κ2) is 7.04. The average Bonchev–Trinajstić information content (AvgIpc) is 2.49. The minimum Gasteiger partial charge on any atom is -0.388 e. The third-order valence-corrected chi connectivity index (χ3v) is 4.52. The molecule has 2 atom stereocenters. The van der Waals surface area contributed by atoms with Gasteiger partial charge in [-0.2, -0.15) is 0 Å². The summed E-state index contributed by atoms with van der Waals surface area (Å²) in [5, 5.41) is 20.4. The Hall–Kier alpha value is -1.71. The van der Waals surface area contributed by atoms with E-state index in [1.54, 1.807) is 12.1 Å². The fourth-order valence-electron chi connectivity index (χ4n) is 3.40. The van der Waals surface area contributed by atoms with Gasteiger partial charge in [-0.15, -0.1) is 0 Å². The highest BCUT2D eigenvalue weighted by Crippen LogP contribution is 2.38. The molecule has 0 spiro atoms. The van der Waals surface area contributed by atoms with Crippen LogP contribution >= 0.6 is 0 Å². The molecule has 2 N–H and O–H groups in total. The van der Waals surface area contributed by atoms with E-state index >= 15 is 0 Å². The summed E-state index contributed by atoms with van der Waals surface area (Å²) in [6.45, 7) is 7.31. The first-order chi connectivity index (χ1) is 11.1. The number of hydrogen-bond acceptors (Lipinski definition) is 3. The molecule has 24 heavy (non-hydrogen) atoms. The van der Waals surface area contributed by atoms with Crippen LogP contribution in [0.25, 0.3) is 0 Å². The van der Waals surface area contributed by atoms with Crippen molar-refractivity contribution in [3.63, 3.8) is 0 Å². The Kier molecular flexibility index (Phi) is 5.46. The number of carbonyl (C=O) groups excluding carboxylic acids is 1. The summed E-state index contributed by atoms with van der Waals surface area (Å²) in [7, 11) is 0. The third kappa shape index (κ3) is 4.22. The molecule has 0 aromatic heterocycles. The third-order valence-electron chi connectivity index (χ3n) is 4.52. The van der Waals surface area contributed by atoms with Gasteiger partial charge in [0.05, 0.1) is 6.10 Å². The highest BCUT2D eigenvalue weighted by molar-refractivity contribution is 6.01. The molecule has 0 amide bonds. The van der Waals surface area contributed by atoms with Gasteiger partial charge in [-0.1, -0.05) is 62.4 Å². The van der Waals surface area contributed by atoms with Gasteiger partial charge in [0.2, 0.25) is 0 Å². The van der Waals surface area contributed by atoms with Crippen molar-refractivity contribution in [2.24, 2.45) is 11.3 Å². The SMILES string of the molecule is CC(C)CC1(Cc2ccc(C(=O)C(C)(C)O)cc2)C=CC=CC1O. The van der Waals surface area contributed by atoms with Gasteiger partial charge in [0.1, 0.15) is 5.60 Å². The van der Waals surface area contributed by atoms with Crippen LogP contribution in [0.15, 0.2) is 48.6 Å². The summed E-state index contributed by atoms with van der Waals surface area (Å²) in [5.74, 6) is 0.179. The molecule has 3 nitrogen and oxygen atoms in total. The molecule has 0 radical (unpaired) electrons. The molecular formula is C21H28O3. The van der Waals surface area contributed by atoms with E-state index in [9.17, 15) is 15.0 Å². The number of Topliss-reactive ketones (excluding diaryl/α,β-unsaturated/α-hetero) is 1. The Balaban J connectivity index is 2.23. The van der Waals surface area contributed by atoms with Crippen LogP contribution < -0.4 is 0 Å². The maximum atomic E-state index is 12.1. The number of ketones is 1. The monoisotopic (exact) mass is 328 g/mol. The van der Waals surface area contributed by atoms with E-state index in [1.165, 1.54) is 13.8 Å². The van der Waals surface area contributed by atoms with Gasteiger partial charge in [0.15, 0.2) is 5.78 Å². The molecule has 1 aromatic carbocycles. The van der Waals surface area contributed by atoms with Crippen LogP contribution in [0.1, 0.15) is 50.0 Å². The lowest BCUT2D eigenvalue weighted by molar-refractivity contribution is 0.0488. The molecule has 1 aliphatic rings. The minimum absolute atomic E-state index is 0.286. The van der Waals surface area contributed by atoms with E-state index in [4.69, 9.17) is 0 Å². The number of aliphatic hydroxyl groups excluding tert-OH is 1. The Morgan fingerprint density at radius 1 is 1.21 bits per heavy atom. The topological polar surface area (TPSA) is 57.5 Å². The number of benzene rings is 1. The molecule has 1 aliphatic carbocycles. The van der Waals surface area contributed by atoms with Crippen molar-refractivity contribution in [1.29, 1.82) is 0 Å². The summed E-state index contributed by atoms with van der Waals surface area (Å²) >= 11 is 0. The van der Waals surface area contributed by atoms with Crippen LogP contribution in [0.2, 0.25) is 0 Å². The van der Waals surface area contributed by atoms with Crippen LogP contribution in [0.4, 0.5) is 0 Å². The van der Waals surface area contributed by atoms with Crippen LogP contribution in [0.5, 0.6) is 0 Å². The van der Waals surface area contributed by atoms with Gasteiger partial charge in [-0.3, -0.25) is 4.79 Å². The molecule has 1 aromatic rings. The number of rotatable bonds is 6. The Labute approximate surface area is 144 Å². The van der Waals surface area contributed by atoms with Crippen molar-refractivity contribution in [1.82, 2.24) is 0 Å². The number of hydrogen-bond donors (Lipinski definition) is 2. The molecule has 0 bridgehead atoms. The lowest BCUT2D eigenvalue weighted by Gasteiger charge is -2.37. The summed E-state index contributed by atoms with van der Waals surface area (Å²) in [6.07, 6.45) is 8.92. The predicted molar refractivity (Wildman–Crippen MR) is 96.9 cm³/mol. The van der Waals surface area contributed by atoms with E-state index in [0.29, 0.717) is 17.9 Å². The summed E-state index contributed by atoms with van der Waals surface area (Å²) in [6, 6.07) is 7.35. The van der Waals surface area contributed by atoms with Gasteiger partial charge in [0, 0.05) is 11.0 Å². The summed E-state index contributed by atoms with van der Waals surface area (Å²) in [5.41, 5.74) is -0.108. The first-order valence-corrected chi connectivity index (χ1v) is 8.54. The van der Waals surface area contributed by atoms with Crippen molar-refractivity contribution in [2.75, 3.05) is 0 Å². The molecule has 3 heteroatoms. The molecule has 0 fully saturated rings. The Morgan fingerprint density at radius 3 is 2.33 bits per heavy atom. The molecular weight excluding hydrogens is 300 g/mol. The van der Waals surface area contributed by atoms with Crippen LogP contribution in [0.3, 0.4) is 0 Å². The van der Waals surface area contributed by atoms with Crippen molar-refractivity contribution in [2.45, 2.75) is 52.2 Å². The van der Waals surface area contributed by atoms with Crippen molar-refractivity contribution in [3.05, 3.63) is 59.7 Å². The smallest absolute Gasteiger partial charge is 0.193 e. The molecule has 0 heterocycles. The van der Waals surface area contributed by atoms with E-state index in [0.717, 1.165) is 12.0 Å². The maximum Gasteiger partial charge on any atom is 0.193 e. The molecule has 2 unspecified atom stereocenters. The zero-order valence-electron chi connectivity index (χ0n) is 15.0. The highest BCUT2D eigenvalue weighted by Gasteiger charge is 2.36. The lowest BCUT2D eigenvalue weighted by atomic mass is 9.69. The largest absolute Gasteiger partial charge is 0.388 e.